The van der Waals surface area contributed by atoms with Gasteiger partial charge in [-0.3, -0.25) is 4.40 Å². The molecule has 1 aliphatic carbocycles. The van der Waals surface area contributed by atoms with Gasteiger partial charge in [-0.05, 0) is 80.2 Å². The average molecular weight is 588 g/mol. The number of benzene rings is 2. The number of thiophene rings is 1. The monoisotopic (exact) mass is 587 g/mol. The van der Waals surface area contributed by atoms with Crippen LogP contribution >= 0.6 is 23.1 Å². The van der Waals surface area contributed by atoms with E-state index in [4.69, 9.17) is 9.97 Å². The predicted molar refractivity (Wildman–Crippen MR) is 167 cm³/mol. The number of imidazole rings is 1. The summed E-state index contributed by atoms with van der Waals surface area (Å²) in [5.74, 6) is 0.943. The van der Waals surface area contributed by atoms with Crippen molar-refractivity contribution in [3.05, 3.63) is 83.6 Å². The molecule has 1 saturated heterocycles. The lowest BCUT2D eigenvalue weighted by molar-refractivity contribution is 0.177. The minimum absolute atomic E-state index is 0.0458. The SMILES string of the molecule is CC(C)(C)[S@@](=O)N[C@@H]1c2ccccc2CC12CCN(c1ncc(Sc3cccc4sccc34)c3nccn13)CC2. The molecule has 2 atom stereocenters. The molecule has 9 heteroatoms. The van der Waals surface area contributed by atoms with Gasteiger partial charge in [-0.15, -0.1) is 11.3 Å². The fraction of sp³-hybridized carbons (Fsp3) is 0.355. The summed E-state index contributed by atoms with van der Waals surface area (Å²) >= 11 is 3.50. The molecule has 0 radical (unpaired) electrons. The van der Waals surface area contributed by atoms with Crippen LogP contribution in [0.4, 0.5) is 5.95 Å². The van der Waals surface area contributed by atoms with Gasteiger partial charge in [0.25, 0.3) is 0 Å². The van der Waals surface area contributed by atoms with Crippen LogP contribution in [-0.4, -0.2) is 36.4 Å². The average Bonchev–Trinajstić information content (AvgIpc) is 3.68. The van der Waals surface area contributed by atoms with Gasteiger partial charge in [0.2, 0.25) is 5.95 Å². The third kappa shape index (κ3) is 4.47. The molecular weight excluding hydrogens is 555 g/mol. The number of nitrogens with zero attached hydrogens (tertiary/aromatic N) is 4. The van der Waals surface area contributed by atoms with Crippen molar-refractivity contribution in [1.29, 1.82) is 0 Å². The highest BCUT2D eigenvalue weighted by Crippen LogP contribution is 2.52. The van der Waals surface area contributed by atoms with Crippen LogP contribution in [0.15, 0.2) is 82.3 Å². The molecule has 2 aromatic carbocycles. The van der Waals surface area contributed by atoms with E-state index in [0.717, 1.165) is 48.8 Å². The van der Waals surface area contributed by atoms with Crippen molar-refractivity contribution in [3.63, 3.8) is 0 Å². The summed E-state index contributed by atoms with van der Waals surface area (Å²) in [6.07, 6.45) is 8.92. The lowest BCUT2D eigenvalue weighted by Gasteiger charge is -2.44. The van der Waals surface area contributed by atoms with Crippen molar-refractivity contribution in [2.24, 2.45) is 5.41 Å². The summed E-state index contributed by atoms with van der Waals surface area (Å²) in [5, 5.41) is 3.43. The van der Waals surface area contributed by atoms with Crippen LogP contribution in [0.1, 0.15) is 50.8 Å². The third-order valence-electron chi connectivity index (χ3n) is 8.39. The second-order valence-electron chi connectivity index (χ2n) is 11.9. The first-order chi connectivity index (χ1) is 19.3. The van der Waals surface area contributed by atoms with E-state index >= 15 is 0 Å². The van der Waals surface area contributed by atoms with E-state index in [9.17, 15) is 4.21 Å². The Morgan fingerprint density at radius 1 is 1.05 bits per heavy atom. The standard InChI is InChI=1S/C31H33N5OS3/c1-30(2,3)40(37)34-27-22-8-5-4-7-21(22)19-31(27)12-15-35(16-13-31)29-33-20-26(28-32-14-17-36(28)29)39-25-10-6-9-24-23(25)11-18-38-24/h4-11,14,17-18,20,27,34H,12-13,15-16,19H2,1-3H3/t27-,40-/m1/s1. The van der Waals surface area contributed by atoms with Crippen LogP contribution in [0.5, 0.6) is 0 Å². The van der Waals surface area contributed by atoms with Crippen LogP contribution in [0.3, 0.4) is 0 Å². The summed E-state index contributed by atoms with van der Waals surface area (Å²) in [6, 6.07) is 17.4. The zero-order valence-electron chi connectivity index (χ0n) is 23.0. The fourth-order valence-corrected chi connectivity index (χ4v) is 9.08. The molecule has 4 heterocycles. The molecule has 0 unspecified atom stereocenters. The molecule has 5 aromatic rings. The number of aromatic nitrogens is 3. The maximum Gasteiger partial charge on any atom is 0.211 e. The van der Waals surface area contributed by atoms with Crippen molar-refractivity contribution >= 4 is 55.8 Å². The van der Waals surface area contributed by atoms with Crippen LogP contribution in [-0.2, 0) is 17.4 Å². The van der Waals surface area contributed by atoms with Gasteiger partial charge in [-0.25, -0.2) is 18.9 Å². The molecule has 6 nitrogen and oxygen atoms in total. The van der Waals surface area contributed by atoms with E-state index in [1.54, 1.807) is 23.1 Å². The molecule has 1 N–H and O–H groups in total. The van der Waals surface area contributed by atoms with Gasteiger partial charge >= 0.3 is 0 Å². The smallest absolute Gasteiger partial charge is 0.211 e. The van der Waals surface area contributed by atoms with E-state index in [1.165, 1.54) is 26.1 Å². The second kappa shape index (κ2) is 9.98. The Labute approximate surface area is 245 Å². The lowest BCUT2D eigenvalue weighted by atomic mass is 9.73. The number of nitrogens with one attached hydrogen (secondary N) is 1. The van der Waals surface area contributed by atoms with E-state index in [0.29, 0.717) is 0 Å². The lowest BCUT2D eigenvalue weighted by Crippen LogP contribution is -2.48. The Kier molecular flexibility index (Phi) is 6.53. The summed E-state index contributed by atoms with van der Waals surface area (Å²) < 4.78 is 19.9. The van der Waals surface area contributed by atoms with Crippen molar-refractivity contribution in [2.45, 2.75) is 60.6 Å². The Hall–Kier alpha value is -2.72. The number of piperidine rings is 1. The van der Waals surface area contributed by atoms with Gasteiger partial charge in [-0.1, -0.05) is 42.1 Å². The first-order valence-electron chi connectivity index (χ1n) is 13.8. The van der Waals surface area contributed by atoms with Gasteiger partial charge in [-0.2, -0.15) is 0 Å². The topological polar surface area (TPSA) is 62.5 Å². The molecule has 1 fully saturated rings. The van der Waals surface area contributed by atoms with E-state index in [1.807, 2.05) is 39.4 Å². The Morgan fingerprint density at radius 2 is 1.88 bits per heavy atom. The summed E-state index contributed by atoms with van der Waals surface area (Å²) in [5.41, 5.74) is 3.68. The molecule has 0 saturated carbocycles. The largest absolute Gasteiger partial charge is 0.342 e. The Bertz CT molecular complexity index is 1730. The fourth-order valence-electron chi connectivity index (χ4n) is 6.24. The molecule has 3 aromatic heterocycles. The Balaban J connectivity index is 1.15. The third-order valence-corrected chi connectivity index (χ3v) is 11.9. The molecule has 1 spiro atoms. The number of anilines is 1. The summed E-state index contributed by atoms with van der Waals surface area (Å²) in [6.45, 7) is 7.91. The van der Waals surface area contributed by atoms with Crippen LogP contribution < -0.4 is 9.62 Å². The van der Waals surface area contributed by atoms with Gasteiger partial charge in [0.1, 0.15) is 0 Å². The van der Waals surface area contributed by atoms with Crippen molar-refractivity contribution in [1.82, 2.24) is 19.1 Å². The normalized spacial score (nSPS) is 19.5. The van der Waals surface area contributed by atoms with Crippen molar-refractivity contribution in [3.8, 4) is 0 Å². The van der Waals surface area contributed by atoms with Gasteiger partial charge in [0.05, 0.1) is 26.7 Å². The highest BCUT2D eigenvalue weighted by Gasteiger charge is 2.49. The first kappa shape index (κ1) is 26.2. The molecule has 2 aliphatic rings. The molecule has 40 heavy (non-hydrogen) atoms. The molecular formula is C31H33N5OS3. The zero-order chi connectivity index (χ0) is 27.5. The number of rotatable bonds is 5. The van der Waals surface area contributed by atoms with E-state index in [-0.39, 0.29) is 16.2 Å². The van der Waals surface area contributed by atoms with Gasteiger partial charge in [0, 0.05) is 46.7 Å². The minimum atomic E-state index is -1.14. The number of hydrogen-bond acceptors (Lipinski definition) is 6. The molecule has 1 aliphatic heterocycles. The van der Waals surface area contributed by atoms with Crippen LogP contribution in [0, 0.1) is 5.41 Å². The quantitative estimate of drug-likeness (QED) is 0.239. The molecule has 0 bridgehead atoms. The van der Waals surface area contributed by atoms with E-state index in [2.05, 4.69) is 67.9 Å². The molecule has 0 amide bonds. The minimum Gasteiger partial charge on any atom is -0.342 e. The highest BCUT2D eigenvalue weighted by molar-refractivity contribution is 7.99. The maximum absolute atomic E-state index is 13.2. The molecule has 7 rings (SSSR count). The number of hydrogen-bond donors (Lipinski definition) is 1. The first-order valence-corrected chi connectivity index (χ1v) is 16.6. The predicted octanol–water partition coefficient (Wildman–Crippen LogP) is 7.03. The Morgan fingerprint density at radius 3 is 2.70 bits per heavy atom. The van der Waals surface area contributed by atoms with Crippen molar-refractivity contribution < 1.29 is 4.21 Å². The van der Waals surface area contributed by atoms with E-state index < -0.39 is 11.0 Å². The second-order valence-corrected chi connectivity index (χ2v) is 15.9. The van der Waals surface area contributed by atoms with Gasteiger partial charge in [0.15, 0.2) is 5.65 Å². The number of fused-ring (bicyclic) bond motifs is 3. The maximum atomic E-state index is 13.2. The summed E-state index contributed by atoms with van der Waals surface area (Å²) in [4.78, 5) is 14.4. The zero-order valence-corrected chi connectivity index (χ0v) is 25.4. The van der Waals surface area contributed by atoms with Crippen LogP contribution in [0.2, 0.25) is 0 Å². The van der Waals surface area contributed by atoms with Crippen LogP contribution in [0.25, 0.3) is 15.7 Å². The summed E-state index contributed by atoms with van der Waals surface area (Å²) in [7, 11) is -1.14. The molecule has 206 valence electrons. The van der Waals surface area contributed by atoms with Crippen molar-refractivity contribution in [2.75, 3.05) is 18.0 Å². The highest BCUT2D eigenvalue weighted by atomic mass is 32.2. The van der Waals surface area contributed by atoms with Gasteiger partial charge < -0.3 is 4.90 Å².